The highest BCUT2D eigenvalue weighted by molar-refractivity contribution is 5.84. The average molecular weight is 249 g/mol. The Kier molecular flexibility index (Phi) is 2.94. The summed E-state index contributed by atoms with van der Waals surface area (Å²) in [5.74, 6) is 0.530. The first-order valence-electron chi connectivity index (χ1n) is 5.95. The zero-order chi connectivity index (χ0) is 13.1. The number of benzene rings is 2. The smallest absolute Gasteiger partial charge is 0.220 e. The van der Waals surface area contributed by atoms with Crippen molar-refractivity contribution in [2.75, 3.05) is 0 Å². The molecule has 3 nitrogen and oxygen atoms in total. The van der Waals surface area contributed by atoms with Crippen molar-refractivity contribution in [3.8, 4) is 0 Å². The van der Waals surface area contributed by atoms with Crippen molar-refractivity contribution < 1.29 is 9.21 Å². The SMILES string of the molecule is O=Cc1ccccc1/C=C/c1nc2ccccc2o1. The van der Waals surface area contributed by atoms with E-state index in [0.29, 0.717) is 11.5 Å². The highest BCUT2D eigenvalue weighted by Crippen LogP contribution is 2.17. The number of fused-ring (bicyclic) bond motifs is 1. The lowest BCUT2D eigenvalue weighted by atomic mass is 10.1. The Bertz CT molecular complexity index is 723. The molecule has 0 saturated carbocycles. The molecule has 0 spiro atoms. The largest absolute Gasteiger partial charge is 0.437 e. The van der Waals surface area contributed by atoms with Gasteiger partial charge in [-0.15, -0.1) is 0 Å². The number of aldehydes is 1. The molecule has 0 saturated heterocycles. The molecule has 0 aliphatic heterocycles. The van der Waals surface area contributed by atoms with Gasteiger partial charge in [0.2, 0.25) is 5.89 Å². The molecule has 0 amide bonds. The van der Waals surface area contributed by atoms with E-state index < -0.39 is 0 Å². The summed E-state index contributed by atoms with van der Waals surface area (Å²) in [4.78, 5) is 15.2. The fraction of sp³-hybridized carbons (Fsp3) is 0. The summed E-state index contributed by atoms with van der Waals surface area (Å²) in [6, 6.07) is 15.0. The highest BCUT2D eigenvalue weighted by Gasteiger charge is 2.02. The average Bonchev–Trinajstić information content (AvgIpc) is 2.88. The zero-order valence-corrected chi connectivity index (χ0v) is 10.1. The second-order valence-electron chi connectivity index (χ2n) is 4.10. The second-order valence-corrected chi connectivity index (χ2v) is 4.10. The van der Waals surface area contributed by atoms with Gasteiger partial charge >= 0.3 is 0 Å². The van der Waals surface area contributed by atoms with Gasteiger partial charge in [0, 0.05) is 11.6 Å². The normalized spacial score (nSPS) is 11.2. The van der Waals surface area contributed by atoms with E-state index in [1.807, 2.05) is 48.5 Å². The van der Waals surface area contributed by atoms with Gasteiger partial charge in [0.1, 0.15) is 5.52 Å². The molecule has 0 atom stereocenters. The summed E-state index contributed by atoms with van der Waals surface area (Å²) in [6.45, 7) is 0. The second kappa shape index (κ2) is 4.90. The molecule has 92 valence electrons. The first-order chi connectivity index (χ1) is 9.36. The predicted octanol–water partition coefficient (Wildman–Crippen LogP) is 3.81. The lowest BCUT2D eigenvalue weighted by molar-refractivity contribution is 0.112. The first kappa shape index (κ1) is 11.4. The minimum atomic E-state index is 0.530. The van der Waals surface area contributed by atoms with Crippen LogP contribution in [0.3, 0.4) is 0 Å². The molecule has 1 heterocycles. The fourth-order valence-corrected chi connectivity index (χ4v) is 1.89. The van der Waals surface area contributed by atoms with Gasteiger partial charge in [-0.1, -0.05) is 36.4 Å². The van der Waals surface area contributed by atoms with Gasteiger partial charge in [-0.3, -0.25) is 4.79 Å². The minimum Gasteiger partial charge on any atom is -0.437 e. The van der Waals surface area contributed by atoms with E-state index in [0.717, 1.165) is 22.9 Å². The number of carbonyl (C=O) groups excluding carboxylic acids is 1. The van der Waals surface area contributed by atoms with Crippen molar-refractivity contribution >= 4 is 29.5 Å². The predicted molar refractivity (Wildman–Crippen MR) is 74.8 cm³/mol. The van der Waals surface area contributed by atoms with Crippen molar-refractivity contribution in [1.82, 2.24) is 4.98 Å². The first-order valence-corrected chi connectivity index (χ1v) is 5.95. The number of carbonyl (C=O) groups is 1. The number of para-hydroxylation sites is 2. The molecule has 0 N–H and O–H groups in total. The Hall–Kier alpha value is -2.68. The topological polar surface area (TPSA) is 43.1 Å². The van der Waals surface area contributed by atoms with Crippen LogP contribution >= 0.6 is 0 Å². The molecule has 2 aromatic carbocycles. The number of rotatable bonds is 3. The van der Waals surface area contributed by atoms with Gasteiger partial charge < -0.3 is 4.42 Å². The van der Waals surface area contributed by atoms with Gasteiger partial charge in [0.15, 0.2) is 11.9 Å². The molecule has 0 aliphatic carbocycles. The number of hydrogen-bond acceptors (Lipinski definition) is 3. The van der Waals surface area contributed by atoms with E-state index in [1.54, 1.807) is 12.1 Å². The number of oxazole rings is 1. The number of nitrogens with zero attached hydrogens (tertiary/aromatic N) is 1. The number of aromatic nitrogens is 1. The Morgan fingerprint density at radius 3 is 2.42 bits per heavy atom. The summed E-state index contributed by atoms with van der Waals surface area (Å²) in [5.41, 5.74) is 3.08. The third-order valence-electron chi connectivity index (χ3n) is 2.84. The molecule has 3 rings (SSSR count). The Labute approximate surface area is 110 Å². The third-order valence-corrected chi connectivity index (χ3v) is 2.84. The molecule has 0 bridgehead atoms. The van der Waals surface area contributed by atoms with Gasteiger partial charge in [-0.2, -0.15) is 0 Å². The molecule has 19 heavy (non-hydrogen) atoms. The van der Waals surface area contributed by atoms with Gasteiger partial charge in [-0.25, -0.2) is 4.98 Å². The van der Waals surface area contributed by atoms with Crippen LogP contribution in [-0.2, 0) is 0 Å². The van der Waals surface area contributed by atoms with E-state index in [4.69, 9.17) is 4.42 Å². The lowest BCUT2D eigenvalue weighted by Crippen LogP contribution is -1.84. The summed E-state index contributed by atoms with van der Waals surface area (Å²) in [6.07, 6.45) is 4.43. The fourth-order valence-electron chi connectivity index (χ4n) is 1.89. The van der Waals surface area contributed by atoms with E-state index in [2.05, 4.69) is 4.98 Å². The Morgan fingerprint density at radius 1 is 0.895 bits per heavy atom. The summed E-state index contributed by atoms with van der Waals surface area (Å²) < 4.78 is 5.58. The molecule has 3 heteroatoms. The zero-order valence-electron chi connectivity index (χ0n) is 10.1. The van der Waals surface area contributed by atoms with Crippen LogP contribution in [0.1, 0.15) is 21.8 Å². The van der Waals surface area contributed by atoms with E-state index in [-0.39, 0.29) is 0 Å². The number of hydrogen-bond donors (Lipinski definition) is 0. The van der Waals surface area contributed by atoms with Crippen molar-refractivity contribution in [3.05, 3.63) is 65.5 Å². The van der Waals surface area contributed by atoms with Gasteiger partial charge in [0.05, 0.1) is 0 Å². The van der Waals surface area contributed by atoms with Gasteiger partial charge in [0.25, 0.3) is 0 Å². The molecule has 0 fully saturated rings. The van der Waals surface area contributed by atoms with Crippen molar-refractivity contribution in [3.63, 3.8) is 0 Å². The molecular formula is C16H11NO2. The molecule has 0 radical (unpaired) electrons. The Morgan fingerprint density at radius 2 is 1.63 bits per heavy atom. The van der Waals surface area contributed by atoms with Crippen LogP contribution in [-0.4, -0.2) is 11.3 Å². The van der Waals surface area contributed by atoms with Crippen LogP contribution in [0.2, 0.25) is 0 Å². The molecular weight excluding hydrogens is 238 g/mol. The maximum atomic E-state index is 10.9. The lowest BCUT2D eigenvalue weighted by Gasteiger charge is -1.95. The van der Waals surface area contributed by atoms with Crippen LogP contribution < -0.4 is 0 Å². The van der Waals surface area contributed by atoms with Crippen LogP contribution in [0, 0.1) is 0 Å². The van der Waals surface area contributed by atoms with Gasteiger partial charge in [-0.05, 0) is 23.8 Å². The quantitative estimate of drug-likeness (QED) is 0.663. The van der Waals surface area contributed by atoms with Crippen LogP contribution in [0.5, 0.6) is 0 Å². The van der Waals surface area contributed by atoms with E-state index in [1.165, 1.54) is 0 Å². The standard InChI is InChI=1S/C16H11NO2/c18-11-13-6-2-1-5-12(13)9-10-16-17-14-7-3-4-8-15(14)19-16/h1-11H/b10-9+. The van der Waals surface area contributed by atoms with Crippen LogP contribution in [0.25, 0.3) is 23.3 Å². The van der Waals surface area contributed by atoms with Crippen molar-refractivity contribution in [1.29, 1.82) is 0 Å². The van der Waals surface area contributed by atoms with Crippen molar-refractivity contribution in [2.45, 2.75) is 0 Å². The summed E-state index contributed by atoms with van der Waals surface area (Å²) in [7, 11) is 0. The molecule has 1 aromatic heterocycles. The molecule has 0 unspecified atom stereocenters. The van der Waals surface area contributed by atoms with Crippen molar-refractivity contribution in [2.24, 2.45) is 0 Å². The maximum absolute atomic E-state index is 10.9. The third kappa shape index (κ3) is 2.31. The molecule has 0 aliphatic rings. The Balaban J connectivity index is 1.95. The van der Waals surface area contributed by atoms with E-state index in [9.17, 15) is 4.79 Å². The maximum Gasteiger partial charge on any atom is 0.220 e. The molecule has 3 aromatic rings. The summed E-state index contributed by atoms with van der Waals surface area (Å²) >= 11 is 0. The monoisotopic (exact) mass is 249 g/mol. The summed E-state index contributed by atoms with van der Waals surface area (Å²) in [5, 5.41) is 0. The van der Waals surface area contributed by atoms with E-state index >= 15 is 0 Å². The van der Waals surface area contributed by atoms with Crippen LogP contribution in [0.15, 0.2) is 52.9 Å². The highest BCUT2D eigenvalue weighted by atomic mass is 16.3. The minimum absolute atomic E-state index is 0.530. The van der Waals surface area contributed by atoms with Crippen LogP contribution in [0.4, 0.5) is 0 Å².